The van der Waals surface area contributed by atoms with Crippen LogP contribution in [0.1, 0.15) is 12.2 Å². The minimum atomic E-state index is -1.06. The Morgan fingerprint density at radius 3 is 2.82 bits per heavy atom. The maximum atomic E-state index is 12.8. The molecule has 3 rings (SSSR count). The zero-order valence-electron chi connectivity index (χ0n) is 14.8. The van der Waals surface area contributed by atoms with Crippen molar-refractivity contribution >= 4 is 69.6 Å². The van der Waals surface area contributed by atoms with Gasteiger partial charge < -0.3 is 9.52 Å². The van der Waals surface area contributed by atoms with E-state index in [0.717, 1.165) is 17.3 Å². The van der Waals surface area contributed by atoms with Gasteiger partial charge in [-0.3, -0.25) is 9.69 Å². The number of hydrogen-bond acceptors (Lipinski definition) is 6. The maximum absolute atomic E-state index is 12.8. The summed E-state index contributed by atoms with van der Waals surface area (Å²) in [5.74, 6) is 0.179. The van der Waals surface area contributed by atoms with Gasteiger partial charge in [-0.1, -0.05) is 47.7 Å². The van der Waals surface area contributed by atoms with Gasteiger partial charge in [0, 0.05) is 11.6 Å². The Balaban J connectivity index is 1.84. The van der Waals surface area contributed by atoms with Crippen LogP contribution in [0.3, 0.4) is 0 Å². The molecule has 1 N–H and O–H groups in total. The summed E-state index contributed by atoms with van der Waals surface area (Å²) in [4.78, 5) is 25.9. The summed E-state index contributed by atoms with van der Waals surface area (Å²) in [6, 6.07) is 9.82. The summed E-state index contributed by atoms with van der Waals surface area (Å²) in [6.45, 7) is 0. The summed E-state index contributed by atoms with van der Waals surface area (Å²) in [7, 11) is 0. The highest BCUT2D eigenvalue weighted by molar-refractivity contribution is 8.26. The first-order valence-corrected chi connectivity index (χ1v) is 11.3. The summed E-state index contributed by atoms with van der Waals surface area (Å²) in [6.07, 6.45) is 3.79. The van der Waals surface area contributed by atoms with Crippen LogP contribution in [0.5, 0.6) is 0 Å². The molecule has 1 aromatic heterocycles. The van der Waals surface area contributed by atoms with Crippen molar-refractivity contribution in [3.63, 3.8) is 0 Å². The van der Waals surface area contributed by atoms with E-state index in [1.165, 1.54) is 16.7 Å². The Hall–Kier alpha value is -1.74. The lowest BCUT2D eigenvalue weighted by Gasteiger charge is -2.22. The number of thioether (sulfide) groups is 2. The zero-order valence-corrected chi connectivity index (χ0v) is 18.0. The van der Waals surface area contributed by atoms with Crippen LogP contribution in [0.2, 0.25) is 5.02 Å². The molecule has 0 spiro atoms. The Labute approximate surface area is 181 Å². The molecule has 0 bridgehead atoms. The van der Waals surface area contributed by atoms with Gasteiger partial charge in [-0.05, 0) is 42.7 Å². The van der Waals surface area contributed by atoms with Crippen LogP contribution in [0.25, 0.3) is 17.4 Å². The molecule has 1 atom stereocenters. The molecule has 1 aromatic carbocycles. The molecular weight excluding hydrogens is 438 g/mol. The Morgan fingerprint density at radius 2 is 2.14 bits per heavy atom. The zero-order chi connectivity index (χ0) is 20.3. The van der Waals surface area contributed by atoms with Crippen molar-refractivity contribution in [2.24, 2.45) is 0 Å². The third-order valence-electron chi connectivity index (χ3n) is 4.06. The third-order valence-corrected chi connectivity index (χ3v) is 6.36. The van der Waals surface area contributed by atoms with Gasteiger partial charge in [0.25, 0.3) is 5.91 Å². The molecule has 2 aromatic rings. The average molecular weight is 454 g/mol. The largest absolute Gasteiger partial charge is 0.480 e. The van der Waals surface area contributed by atoms with Crippen LogP contribution >= 0.6 is 47.3 Å². The SMILES string of the molecule is CSCC[C@@H](C(=O)O)N1C(=O)/C(=C\c2ccc(-c3ccccc3Cl)o2)SC1=S. The van der Waals surface area contributed by atoms with Crippen LogP contribution in [0.4, 0.5) is 0 Å². The van der Waals surface area contributed by atoms with Crippen molar-refractivity contribution in [1.82, 2.24) is 4.90 Å². The standard InChI is InChI=1S/C19H16ClNO4S3/c1-27-9-8-14(18(23)24)21-17(22)16(28-19(21)26)10-11-6-7-15(25-11)12-4-2-3-5-13(12)20/h2-7,10,14H,8-9H2,1H3,(H,23,24)/b16-10+/t14-/m0/s1. The van der Waals surface area contributed by atoms with Gasteiger partial charge in [0.05, 0.1) is 9.93 Å². The minimum Gasteiger partial charge on any atom is -0.480 e. The molecule has 5 nitrogen and oxygen atoms in total. The summed E-state index contributed by atoms with van der Waals surface area (Å²) >= 11 is 14.1. The monoisotopic (exact) mass is 453 g/mol. The van der Waals surface area contributed by atoms with Crippen LogP contribution in [0, 0.1) is 0 Å². The number of furan rings is 1. The van der Waals surface area contributed by atoms with E-state index >= 15 is 0 Å². The van der Waals surface area contributed by atoms with Crippen molar-refractivity contribution in [3.05, 3.63) is 52.1 Å². The molecule has 0 aliphatic carbocycles. The number of thiocarbonyl (C=S) groups is 1. The van der Waals surface area contributed by atoms with E-state index in [1.807, 2.05) is 24.5 Å². The van der Waals surface area contributed by atoms with Gasteiger partial charge in [-0.25, -0.2) is 4.79 Å². The quantitative estimate of drug-likeness (QED) is 0.466. The fourth-order valence-electron chi connectivity index (χ4n) is 2.71. The van der Waals surface area contributed by atoms with Crippen molar-refractivity contribution in [3.8, 4) is 11.3 Å². The first-order chi connectivity index (χ1) is 13.4. The highest BCUT2D eigenvalue weighted by Gasteiger charge is 2.40. The predicted octanol–water partition coefficient (Wildman–Crippen LogP) is 5.01. The molecule has 1 aliphatic rings. The first kappa shape index (κ1) is 21.0. The van der Waals surface area contributed by atoms with Crippen molar-refractivity contribution in [1.29, 1.82) is 0 Å². The number of amides is 1. The topological polar surface area (TPSA) is 70.8 Å². The first-order valence-electron chi connectivity index (χ1n) is 8.26. The van der Waals surface area contributed by atoms with Gasteiger partial charge in [-0.2, -0.15) is 11.8 Å². The molecule has 2 heterocycles. The number of benzene rings is 1. The highest BCUT2D eigenvalue weighted by Crippen LogP contribution is 2.36. The van der Waals surface area contributed by atoms with Crippen molar-refractivity contribution in [2.75, 3.05) is 12.0 Å². The van der Waals surface area contributed by atoms with Crippen LogP contribution in [0.15, 0.2) is 45.7 Å². The lowest BCUT2D eigenvalue weighted by Crippen LogP contribution is -2.44. The number of carboxylic acids is 1. The predicted molar refractivity (Wildman–Crippen MR) is 119 cm³/mol. The number of nitrogens with zero attached hydrogens (tertiary/aromatic N) is 1. The second-order valence-electron chi connectivity index (χ2n) is 5.87. The molecular formula is C19H16ClNO4S3. The molecule has 0 radical (unpaired) electrons. The lowest BCUT2D eigenvalue weighted by molar-refractivity contribution is -0.145. The second-order valence-corrected chi connectivity index (χ2v) is 8.94. The molecule has 0 unspecified atom stereocenters. The number of aliphatic carboxylic acids is 1. The summed E-state index contributed by atoms with van der Waals surface area (Å²) in [5.41, 5.74) is 0.749. The second kappa shape index (κ2) is 9.17. The van der Waals surface area contributed by atoms with E-state index in [1.54, 1.807) is 24.3 Å². The number of rotatable bonds is 7. The average Bonchev–Trinajstić information content (AvgIpc) is 3.22. The van der Waals surface area contributed by atoms with Crippen LogP contribution in [-0.2, 0) is 9.59 Å². The molecule has 1 saturated heterocycles. The molecule has 9 heteroatoms. The van der Waals surface area contributed by atoms with Gasteiger partial charge in [0.2, 0.25) is 0 Å². The Morgan fingerprint density at radius 1 is 1.39 bits per heavy atom. The van der Waals surface area contributed by atoms with E-state index in [4.69, 9.17) is 28.2 Å². The van der Waals surface area contributed by atoms with Crippen molar-refractivity contribution in [2.45, 2.75) is 12.5 Å². The maximum Gasteiger partial charge on any atom is 0.326 e. The van der Waals surface area contributed by atoms with Gasteiger partial charge in [0.15, 0.2) is 0 Å². The lowest BCUT2D eigenvalue weighted by atomic mass is 10.2. The molecule has 146 valence electrons. The number of carbonyl (C=O) groups is 2. The number of halogens is 1. The van der Waals surface area contributed by atoms with Crippen molar-refractivity contribution < 1.29 is 19.1 Å². The highest BCUT2D eigenvalue weighted by atomic mass is 35.5. The summed E-state index contributed by atoms with van der Waals surface area (Å²) in [5, 5.41) is 10.1. The van der Waals surface area contributed by atoms with Crippen LogP contribution < -0.4 is 0 Å². The molecule has 1 aliphatic heterocycles. The molecule has 28 heavy (non-hydrogen) atoms. The van der Waals surface area contributed by atoms with E-state index < -0.39 is 17.9 Å². The third kappa shape index (κ3) is 4.46. The number of carbonyl (C=O) groups excluding carboxylic acids is 1. The number of carboxylic acid groups (broad SMARTS) is 1. The van der Waals surface area contributed by atoms with Gasteiger partial charge >= 0.3 is 5.97 Å². The fourth-order valence-corrected chi connectivity index (χ4v) is 4.73. The molecule has 0 saturated carbocycles. The van der Waals surface area contributed by atoms with Crippen LogP contribution in [-0.4, -0.2) is 44.3 Å². The smallest absolute Gasteiger partial charge is 0.326 e. The normalized spacial score (nSPS) is 16.8. The molecule has 1 fully saturated rings. The molecule has 1 amide bonds. The van der Waals surface area contributed by atoms with E-state index in [9.17, 15) is 14.7 Å². The van der Waals surface area contributed by atoms with Gasteiger partial charge in [0.1, 0.15) is 21.9 Å². The van der Waals surface area contributed by atoms with E-state index in [-0.39, 0.29) is 4.32 Å². The van der Waals surface area contributed by atoms with E-state index in [2.05, 4.69) is 0 Å². The van der Waals surface area contributed by atoms with E-state index in [0.29, 0.717) is 33.6 Å². The van der Waals surface area contributed by atoms with Gasteiger partial charge in [-0.15, -0.1) is 0 Å². The fraction of sp³-hybridized carbons (Fsp3) is 0.211. The Kier molecular flexibility index (Phi) is 6.87. The minimum absolute atomic E-state index is 0.239. The Bertz CT molecular complexity index is 956. The summed E-state index contributed by atoms with van der Waals surface area (Å²) < 4.78 is 6.03. The number of hydrogen-bond donors (Lipinski definition) is 1.